The van der Waals surface area contributed by atoms with E-state index in [1.54, 1.807) is 12.1 Å². The Bertz CT molecular complexity index is 472. The molecule has 0 atom stereocenters. The lowest BCUT2D eigenvalue weighted by molar-refractivity contribution is -0.0613. The van der Waals surface area contributed by atoms with E-state index in [1.807, 2.05) is 0 Å². The van der Waals surface area contributed by atoms with Gasteiger partial charge < -0.3 is 9.47 Å². The first kappa shape index (κ1) is 15.3. The van der Waals surface area contributed by atoms with Crippen molar-refractivity contribution in [2.75, 3.05) is 6.61 Å². The average Bonchev–Trinajstić information content (AvgIpc) is 2.35. The van der Waals surface area contributed by atoms with Crippen molar-refractivity contribution in [2.45, 2.75) is 51.7 Å². The summed E-state index contributed by atoms with van der Waals surface area (Å²) in [4.78, 5) is 15.3. The molecule has 0 aromatic carbocycles. The summed E-state index contributed by atoms with van der Waals surface area (Å²) in [6.07, 6.45) is 4.47. The highest BCUT2D eigenvalue weighted by atomic mass is 35.5. The number of aromatic nitrogens is 1. The first-order valence-electron chi connectivity index (χ1n) is 7.05. The van der Waals surface area contributed by atoms with E-state index in [-0.39, 0.29) is 17.0 Å². The molecule has 1 aromatic rings. The Hall–Kier alpha value is -1.13. The van der Waals surface area contributed by atoms with Gasteiger partial charge in [0.2, 0.25) is 0 Å². The Morgan fingerprint density at radius 1 is 1.40 bits per heavy atom. The molecule has 0 amide bonds. The Balaban J connectivity index is 1.82. The van der Waals surface area contributed by atoms with E-state index in [0.29, 0.717) is 17.5 Å². The van der Waals surface area contributed by atoms with Gasteiger partial charge in [-0.1, -0.05) is 24.9 Å². The molecule has 0 unspecified atom stereocenters. The third kappa shape index (κ3) is 4.18. The maximum atomic E-state index is 11.3. The van der Waals surface area contributed by atoms with E-state index in [2.05, 4.69) is 11.9 Å². The standard InChI is InChI=1S/C15H20ClNO3/c1-3-4-5-19-11-6-12(7-11)20-13-8-14(10(2)18)17-15(16)9-13/h8-9,11-12H,3-7H2,1-2H3. The number of hydrogen-bond donors (Lipinski definition) is 0. The molecule has 1 heterocycles. The van der Waals surface area contributed by atoms with E-state index in [4.69, 9.17) is 21.1 Å². The van der Waals surface area contributed by atoms with Crippen molar-refractivity contribution in [1.82, 2.24) is 4.98 Å². The number of Topliss-reactive ketones (excluding diaryl/α,β-unsaturated/α-hetero) is 1. The van der Waals surface area contributed by atoms with Crippen molar-refractivity contribution < 1.29 is 14.3 Å². The maximum absolute atomic E-state index is 11.3. The first-order chi connectivity index (χ1) is 9.58. The highest BCUT2D eigenvalue weighted by Crippen LogP contribution is 2.29. The smallest absolute Gasteiger partial charge is 0.178 e. The zero-order valence-corrected chi connectivity index (χ0v) is 12.7. The Morgan fingerprint density at radius 2 is 2.15 bits per heavy atom. The Labute approximate surface area is 124 Å². The van der Waals surface area contributed by atoms with Crippen molar-refractivity contribution in [2.24, 2.45) is 0 Å². The van der Waals surface area contributed by atoms with Gasteiger partial charge in [-0.05, 0) is 6.42 Å². The molecule has 4 nitrogen and oxygen atoms in total. The number of unbranched alkanes of at least 4 members (excludes halogenated alkanes) is 1. The molecule has 0 N–H and O–H groups in total. The van der Waals surface area contributed by atoms with Crippen LogP contribution in [0.1, 0.15) is 50.0 Å². The average molecular weight is 298 g/mol. The molecule has 0 radical (unpaired) electrons. The molecule has 1 fully saturated rings. The number of hydrogen-bond acceptors (Lipinski definition) is 4. The molecular weight excluding hydrogens is 278 g/mol. The predicted molar refractivity (Wildman–Crippen MR) is 77.5 cm³/mol. The highest BCUT2D eigenvalue weighted by Gasteiger charge is 2.31. The molecule has 0 bridgehead atoms. The zero-order valence-electron chi connectivity index (χ0n) is 11.9. The molecule has 1 saturated carbocycles. The van der Waals surface area contributed by atoms with Crippen molar-refractivity contribution >= 4 is 17.4 Å². The largest absolute Gasteiger partial charge is 0.490 e. The van der Waals surface area contributed by atoms with Crippen LogP contribution in [0, 0.1) is 0 Å². The molecule has 1 aromatic heterocycles. The molecule has 0 spiro atoms. The van der Waals surface area contributed by atoms with Crippen molar-refractivity contribution in [1.29, 1.82) is 0 Å². The van der Waals surface area contributed by atoms with Crippen LogP contribution in [0.25, 0.3) is 0 Å². The van der Waals surface area contributed by atoms with Crippen LogP contribution in [-0.4, -0.2) is 29.6 Å². The molecule has 1 aliphatic carbocycles. The summed E-state index contributed by atoms with van der Waals surface area (Å²) in [5, 5.41) is 0.280. The summed E-state index contributed by atoms with van der Waals surface area (Å²) in [6, 6.07) is 3.28. The van der Waals surface area contributed by atoms with Crippen LogP contribution < -0.4 is 4.74 Å². The normalized spacial score (nSPS) is 21.4. The van der Waals surface area contributed by atoms with E-state index in [9.17, 15) is 4.79 Å². The van der Waals surface area contributed by atoms with E-state index in [0.717, 1.165) is 32.3 Å². The van der Waals surface area contributed by atoms with Crippen LogP contribution in [-0.2, 0) is 4.74 Å². The van der Waals surface area contributed by atoms with Crippen LogP contribution in [0.4, 0.5) is 0 Å². The van der Waals surface area contributed by atoms with E-state index in [1.165, 1.54) is 6.92 Å². The Kier molecular flexibility index (Phi) is 5.38. The lowest BCUT2D eigenvalue weighted by Crippen LogP contribution is -2.39. The molecule has 110 valence electrons. The number of ether oxygens (including phenoxy) is 2. The number of ketones is 1. The molecule has 20 heavy (non-hydrogen) atoms. The molecule has 2 rings (SSSR count). The number of carbonyl (C=O) groups excluding carboxylic acids is 1. The maximum Gasteiger partial charge on any atom is 0.178 e. The van der Waals surface area contributed by atoms with E-state index >= 15 is 0 Å². The second-order valence-corrected chi connectivity index (χ2v) is 5.51. The lowest BCUT2D eigenvalue weighted by atomic mass is 9.92. The number of halogens is 1. The zero-order chi connectivity index (χ0) is 14.5. The van der Waals surface area contributed by atoms with Crippen LogP contribution in [0.3, 0.4) is 0 Å². The Morgan fingerprint density at radius 3 is 2.80 bits per heavy atom. The van der Waals surface area contributed by atoms with Gasteiger partial charge in [-0.2, -0.15) is 0 Å². The van der Waals surface area contributed by atoms with Gasteiger partial charge in [-0.15, -0.1) is 0 Å². The summed E-state index contributed by atoms with van der Waals surface area (Å²) >= 11 is 5.88. The summed E-state index contributed by atoms with van der Waals surface area (Å²) in [5.41, 5.74) is 0.336. The molecule has 1 aliphatic rings. The number of nitrogens with zero attached hydrogens (tertiary/aromatic N) is 1. The fourth-order valence-electron chi connectivity index (χ4n) is 2.06. The fourth-order valence-corrected chi connectivity index (χ4v) is 2.26. The third-order valence-corrected chi connectivity index (χ3v) is 3.53. The van der Waals surface area contributed by atoms with Gasteiger partial charge in [0.25, 0.3) is 0 Å². The number of rotatable bonds is 7. The van der Waals surface area contributed by atoms with Crippen LogP contribution >= 0.6 is 11.6 Å². The molecule has 0 aliphatic heterocycles. The minimum atomic E-state index is -0.119. The fraction of sp³-hybridized carbons (Fsp3) is 0.600. The predicted octanol–water partition coefficient (Wildman–Crippen LogP) is 3.66. The van der Waals surface area contributed by atoms with Gasteiger partial charge in [0.15, 0.2) is 5.78 Å². The third-order valence-electron chi connectivity index (χ3n) is 3.33. The molecule has 0 saturated heterocycles. The minimum absolute atomic E-state index is 0.119. The van der Waals surface area contributed by atoms with Crippen molar-refractivity contribution in [3.63, 3.8) is 0 Å². The summed E-state index contributed by atoms with van der Waals surface area (Å²) in [5.74, 6) is 0.485. The van der Waals surface area contributed by atoms with Crippen molar-refractivity contribution in [3.05, 3.63) is 23.0 Å². The monoisotopic (exact) mass is 297 g/mol. The van der Waals surface area contributed by atoms with Gasteiger partial charge >= 0.3 is 0 Å². The van der Waals surface area contributed by atoms with Crippen molar-refractivity contribution in [3.8, 4) is 5.75 Å². The topological polar surface area (TPSA) is 48.4 Å². The van der Waals surface area contributed by atoms with Crippen LogP contribution in [0.5, 0.6) is 5.75 Å². The lowest BCUT2D eigenvalue weighted by Gasteiger charge is -2.35. The van der Waals surface area contributed by atoms with Crippen LogP contribution in [0.2, 0.25) is 5.15 Å². The second kappa shape index (κ2) is 7.04. The highest BCUT2D eigenvalue weighted by molar-refractivity contribution is 6.29. The minimum Gasteiger partial charge on any atom is -0.490 e. The SMILES string of the molecule is CCCCOC1CC(Oc2cc(Cl)nc(C(C)=O)c2)C1. The van der Waals surface area contributed by atoms with Gasteiger partial charge in [0, 0.05) is 38.5 Å². The second-order valence-electron chi connectivity index (χ2n) is 5.12. The molecule has 5 heteroatoms. The first-order valence-corrected chi connectivity index (χ1v) is 7.43. The summed E-state index contributed by atoms with van der Waals surface area (Å²) in [6.45, 7) is 4.43. The van der Waals surface area contributed by atoms with Crippen LogP contribution in [0.15, 0.2) is 12.1 Å². The van der Waals surface area contributed by atoms with E-state index < -0.39 is 0 Å². The number of pyridine rings is 1. The summed E-state index contributed by atoms with van der Waals surface area (Å²) < 4.78 is 11.5. The summed E-state index contributed by atoms with van der Waals surface area (Å²) in [7, 11) is 0. The number of carbonyl (C=O) groups is 1. The van der Waals surface area contributed by atoms with Gasteiger partial charge in [0.1, 0.15) is 22.7 Å². The van der Waals surface area contributed by atoms with Gasteiger partial charge in [-0.3, -0.25) is 4.79 Å². The van der Waals surface area contributed by atoms with Gasteiger partial charge in [0.05, 0.1) is 6.10 Å². The van der Waals surface area contributed by atoms with Gasteiger partial charge in [-0.25, -0.2) is 4.98 Å². The molecular formula is C15H20ClNO3. The quantitative estimate of drug-likeness (QED) is 0.438.